The molecule has 0 heterocycles. The Kier molecular flexibility index (Phi) is 6.79. The number of fused-ring (bicyclic) bond motifs is 7. The van der Waals surface area contributed by atoms with Gasteiger partial charge in [0.2, 0.25) is 0 Å². The largest absolute Gasteiger partial charge is 0.444 e. The van der Waals surface area contributed by atoms with Crippen molar-refractivity contribution in [1.82, 2.24) is 5.32 Å². The minimum atomic E-state index is -0.477. The number of hydrogen-bond donors (Lipinski definition) is 2. The number of aliphatic hydroxyl groups is 1. The van der Waals surface area contributed by atoms with E-state index in [1.165, 1.54) is 51.4 Å². The van der Waals surface area contributed by atoms with Crippen molar-refractivity contribution < 1.29 is 14.6 Å². The van der Waals surface area contributed by atoms with Gasteiger partial charge in [-0.25, -0.2) is 4.79 Å². The monoisotopic (exact) mass is 541 g/mol. The lowest BCUT2D eigenvalue weighted by atomic mass is 9.33. The van der Waals surface area contributed by atoms with E-state index in [1.807, 2.05) is 20.8 Å². The summed E-state index contributed by atoms with van der Waals surface area (Å²) in [6.07, 6.45) is 14.0. The van der Waals surface area contributed by atoms with E-state index in [0.717, 1.165) is 19.4 Å². The average molecular weight is 542 g/mol. The van der Waals surface area contributed by atoms with E-state index in [9.17, 15) is 9.90 Å². The van der Waals surface area contributed by atoms with Crippen LogP contribution in [0.15, 0.2) is 11.6 Å². The molecule has 0 saturated heterocycles. The normalized spacial score (nSPS) is 46.5. The number of hydrogen-bond acceptors (Lipinski definition) is 3. The predicted octanol–water partition coefficient (Wildman–Crippen LogP) is 8.67. The number of amides is 1. The molecule has 4 fully saturated rings. The molecule has 0 bridgehead atoms. The van der Waals surface area contributed by atoms with E-state index in [-0.39, 0.29) is 39.3 Å². The summed E-state index contributed by atoms with van der Waals surface area (Å²) in [5.41, 5.74) is 2.42. The molecule has 4 saturated carbocycles. The van der Waals surface area contributed by atoms with Gasteiger partial charge in [-0.1, -0.05) is 60.1 Å². The van der Waals surface area contributed by atoms with E-state index < -0.39 is 5.60 Å². The fourth-order valence-corrected chi connectivity index (χ4v) is 11.2. The Bertz CT molecular complexity index is 1020. The quantitative estimate of drug-likeness (QED) is 0.344. The van der Waals surface area contributed by atoms with Crippen LogP contribution in [0.3, 0.4) is 0 Å². The summed E-state index contributed by atoms with van der Waals surface area (Å²) in [6, 6.07) is 0. The van der Waals surface area contributed by atoms with Gasteiger partial charge in [-0.05, 0) is 135 Å². The molecule has 0 aromatic carbocycles. The maximum atomic E-state index is 12.8. The molecule has 5 rings (SSSR count). The van der Waals surface area contributed by atoms with Crippen LogP contribution < -0.4 is 5.32 Å². The number of allylic oxidation sites excluding steroid dienone is 2. The molecule has 2 N–H and O–H groups in total. The van der Waals surface area contributed by atoms with Gasteiger partial charge in [0.15, 0.2) is 0 Å². The minimum Gasteiger partial charge on any atom is -0.444 e. The summed E-state index contributed by atoms with van der Waals surface area (Å²) in [7, 11) is 0. The van der Waals surface area contributed by atoms with Gasteiger partial charge in [0, 0.05) is 6.54 Å². The molecule has 4 nitrogen and oxygen atoms in total. The van der Waals surface area contributed by atoms with Crippen LogP contribution in [0, 0.1) is 50.2 Å². The molecule has 0 radical (unpaired) electrons. The highest BCUT2D eigenvalue weighted by atomic mass is 16.6. The first-order valence-electron chi connectivity index (χ1n) is 16.2. The van der Waals surface area contributed by atoms with Crippen molar-refractivity contribution in [2.75, 3.05) is 6.54 Å². The van der Waals surface area contributed by atoms with Crippen LogP contribution in [-0.2, 0) is 4.74 Å². The molecule has 5 aliphatic rings. The fourth-order valence-electron chi connectivity index (χ4n) is 11.2. The second-order valence-corrected chi connectivity index (χ2v) is 17.8. The molecule has 4 heteroatoms. The summed E-state index contributed by atoms with van der Waals surface area (Å²) in [4.78, 5) is 12.8. The molecule has 5 aliphatic carbocycles. The summed E-state index contributed by atoms with van der Waals surface area (Å²) >= 11 is 0. The third-order valence-electron chi connectivity index (χ3n) is 13.8. The van der Waals surface area contributed by atoms with Crippen molar-refractivity contribution >= 4 is 6.09 Å². The van der Waals surface area contributed by atoms with Gasteiger partial charge >= 0.3 is 6.09 Å². The predicted molar refractivity (Wildman–Crippen MR) is 159 cm³/mol. The smallest absolute Gasteiger partial charge is 0.407 e. The average Bonchev–Trinajstić information content (AvgIpc) is 2.80. The highest BCUT2D eigenvalue weighted by Crippen LogP contribution is 2.75. The summed E-state index contributed by atoms with van der Waals surface area (Å²) in [5.74, 6) is 1.76. The van der Waals surface area contributed by atoms with E-state index in [0.29, 0.717) is 23.2 Å². The first-order chi connectivity index (χ1) is 17.8. The lowest BCUT2D eigenvalue weighted by molar-refractivity contribution is -0.203. The van der Waals surface area contributed by atoms with Gasteiger partial charge < -0.3 is 15.2 Å². The zero-order chi connectivity index (χ0) is 28.9. The topological polar surface area (TPSA) is 58.6 Å². The number of carbonyl (C=O) groups excluding carboxylic acids is 1. The molecule has 0 aromatic heterocycles. The van der Waals surface area contributed by atoms with E-state index in [1.54, 1.807) is 5.57 Å². The lowest BCUT2D eigenvalue weighted by Crippen LogP contribution is -2.65. The first kappa shape index (κ1) is 29.5. The number of aliphatic hydroxyl groups excluding tert-OH is 1. The van der Waals surface area contributed by atoms with E-state index >= 15 is 0 Å². The van der Waals surface area contributed by atoms with Crippen molar-refractivity contribution in [3.05, 3.63) is 11.6 Å². The molecular weight excluding hydrogens is 482 g/mol. The SMILES string of the molecule is CC1(C)CC[C@]2(CNC(=O)OC(C)(C)C)CC[C@]3(C)C(=CC[C@@H]4[C@@]5(C)CCC(O)C(C)(C)[C@@H]5CC[C@]43C)[C@@H]2C1. The summed E-state index contributed by atoms with van der Waals surface area (Å²) in [6.45, 7) is 24.0. The lowest BCUT2D eigenvalue weighted by Gasteiger charge is -2.71. The Labute approximate surface area is 239 Å². The molecule has 8 atom stereocenters. The summed E-state index contributed by atoms with van der Waals surface area (Å²) in [5, 5.41) is 14.2. The molecule has 0 spiro atoms. The molecule has 39 heavy (non-hydrogen) atoms. The number of alkyl carbamates (subject to hydrolysis) is 1. The Morgan fingerprint density at radius 3 is 2.28 bits per heavy atom. The third kappa shape index (κ3) is 4.43. The Hall–Kier alpha value is -1.03. The molecule has 1 amide bonds. The highest BCUT2D eigenvalue weighted by Gasteiger charge is 2.68. The van der Waals surface area contributed by atoms with Gasteiger partial charge in [-0.15, -0.1) is 0 Å². The van der Waals surface area contributed by atoms with Crippen LogP contribution in [-0.4, -0.2) is 29.4 Å². The minimum absolute atomic E-state index is 0.0122. The van der Waals surface area contributed by atoms with Crippen LogP contribution >= 0.6 is 0 Å². The Morgan fingerprint density at radius 2 is 1.62 bits per heavy atom. The Balaban J connectivity index is 1.49. The maximum absolute atomic E-state index is 12.8. The second kappa shape index (κ2) is 8.98. The van der Waals surface area contributed by atoms with Gasteiger partial charge in [0.05, 0.1) is 6.10 Å². The first-order valence-corrected chi connectivity index (χ1v) is 16.2. The van der Waals surface area contributed by atoms with Gasteiger partial charge in [0.25, 0.3) is 0 Å². The molecule has 222 valence electrons. The van der Waals surface area contributed by atoms with Crippen molar-refractivity contribution in [1.29, 1.82) is 0 Å². The molecule has 1 unspecified atom stereocenters. The number of nitrogens with one attached hydrogen (secondary N) is 1. The van der Waals surface area contributed by atoms with Gasteiger partial charge in [-0.2, -0.15) is 0 Å². The maximum Gasteiger partial charge on any atom is 0.407 e. The van der Waals surface area contributed by atoms with Crippen molar-refractivity contribution in [2.45, 2.75) is 145 Å². The number of carbonyl (C=O) groups is 1. The molecular formula is C35H59NO3. The third-order valence-corrected chi connectivity index (χ3v) is 13.8. The zero-order valence-corrected chi connectivity index (χ0v) is 26.9. The fraction of sp³-hybridized carbons (Fsp3) is 0.914. The number of ether oxygens (including phenoxy) is 1. The Morgan fingerprint density at radius 1 is 0.949 bits per heavy atom. The molecule has 0 aliphatic heterocycles. The van der Waals surface area contributed by atoms with Gasteiger partial charge in [-0.3, -0.25) is 0 Å². The number of rotatable bonds is 2. The van der Waals surface area contributed by atoms with Crippen LogP contribution in [0.2, 0.25) is 0 Å². The van der Waals surface area contributed by atoms with Crippen molar-refractivity contribution in [3.8, 4) is 0 Å². The summed E-state index contributed by atoms with van der Waals surface area (Å²) < 4.78 is 5.66. The van der Waals surface area contributed by atoms with E-state index in [2.05, 4.69) is 59.9 Å². The highest BCUT2D eigenvalue weighted by molar-refractivity contribution is 5.67. The van der Waals surface area contributed by atoms with Crippen LogP contribution in [0.1, 0.15) is 133 Å². The second-order valence-electron chi connectivity index (χ2n) is 17.8. The van der Waals surface area contributed by atoms with E-state index in [4.69, 9.17) is 4.74 Å². The standard InChI is InChI=1S/C35H59NO3/c1-29(2,3)39-28(38)36-22-35-19-17-30(4,5)21-24(35)23-11-12-26-32(8)15-14-27(37)31(6,7)25(32)13-16-34(26,10)33(23,9)18-20-35/h11,24-27,37H,12-22H2,1-10H3,(H,36,38)/t24-,25-,26+,27?,32-,33+,34+,35+/m0/s1. The zero-order valence-electron chi connectivity index (χ0n) is 26.9. The van der Waals surface area contributed by atoms with Crippen molar-refractivity contribution in [2.24, 2.45) is 50.2 Å². The molecule has 0 aromatic rings. The van der Waals surface area contributed by atoms with Crippen LogP contribution in [0.25, 0.3) is 0 Å². The van der Waals surface area contributed by atoms with Gasteiger partial charge in [0.1, 0.15) is 5.60 Å². The van der Waals surface area contributed by atoms with Crippen LogP contribution in [0.5, 0.6) is 0 Å². The van der Waals surface area contributed by atoms with Crippen molar-refractivity contribution in [3.63, 3.8) is 0 Å². The van der Waals surface area contributed by atoms with Crippen LogP contribution in [0.4, 0.5) is 4.79 Å².